The average molecular weight is 328 g/mol. The van der Waals surface area contributed by atoms with E-state index in [9.17, 15) is 4.79 Å². The molecule has 0 aliphatic rings. The topological polar surface area (TPSA) is 80.9 Å². The Balaban J connectivity index is 2.19. The molecule has 1 aromatic carbocycles. The lowest BCUT2D eigenvalue weighted by Gasteiger charge is -2.05. The number of nitrogens with two attached hydrogens (primary N) is 1. The second-order valence-corrected chi connectivity index (χ2v) is 4.63. The third-order valence-corrected chi connectivity index (χ3v) is 3.01. The third kappa shape index (κ3) is 2.96. The molecule has 92 valence electrons. The number of aromatic nitrogens is 2. The molecule has 18 heavy (non-hydrogen) atoms. The van der Waals surface area contributed by atoms with Crippen LogP contribution >= 0.6 is 27.5 Å². The van der Waals surface area contributed by atoms with Gasteiger partial charge >= 0.3 is 0 Å². The Kier molecular flexibility index (Phi) is 3.78. The van der Waals surface area contributed by atoms with Gasteiger partial charge in [-0.05, 0) is 40.2 Å². The highest BCUT2D eigenvalue weighted by Crippen LogP contribution is 2.20. The molecule has 0 atom stereocenters. The number of benzene rings is 1. The van der Waals surface area contributed by atoms with Gasteiger partial charge in [-0.3, -0.25) is 10.1 Å². The molecular formula is C11H8BrClN4O. The highest BCUT2D eigenvalue weighted by molar-refractivity contribution is 9.10. The molecule has 7 heteroatoms. The summed E-state index contributed by atoms with van der Waals surface area (Å²) in [6.45, 7) is 0. The van der Waals surface area contributed by atoms with Crippen LogP contribution in [0.4, 0.5) is 11.6 Å². The molecule has 0 saturated heterocycles. The van der Waals surface area contributed by atoms with E-state index in [0.717, 1.165) is 0 Å². The summed E-state index contributed by atoms with van der Waals surface area (Å²) in [4.78, 5) is 19.6. The fourth-order valence-electron chi connectivity index (χ4n) is 1.24. The van der Waals surface area contributed by atoms with Crippen molar-refractivity contribution in [3.63, 3.8) is 0 Å². The number of halogens is 2. The summed E-state index contributed by atoms with van der Waals surface area (Å²) in [6, 6.07) is 6.39. The van der Waals surface area contributed by atoms with Crippen LogP contribution in [0.15, 0.2) is 34.9 Å². The largest absolute Gasteiger partial charge is 0.398 e. The van der Waals surface area contributed by atoms with Gasteiger partial charge in [-0.15, -0.1) is 0 Å². The zero-order valence-electron chi connectivity index (χ0n) is 9.02. The fraction of sp³-hybridized carbons (Fsp3) is 0. The third-order valence-electron chi connectivity index (χ3n) is 2.11. The number of nitrogens with one attached hydrogen (secondary N) is 1. The van der Waals surface area contributed by atoms with E-state index in [-0.39, 0.29) is 17.0 Å². The van der Waals surface area contributed by atoms with E-state index in [1.54, 1.807) is 18.2 Å². The first-order valence-electron chi connectivity index (χ1n) is 4.91. The van der Waals surface area contributed by atoms with Gasteiger partial charge in [-0.1, -0.05) is 11.6 Å². The van der Waals surface area contributed by atoms with Gasteiger partial charge in [0.1, 0.15) is 5.15 Å². The first-order chi connectivity index (χ1) is 8.56. The maximum absolute atomic E-state index is 11.9. The first kappa shape index (κ1) is 12.8. The predicted molar refractivity (Wildman–Crippen MR) is 73.5 cm³/mol. The number of carbonyl (C=O) groups excluding carboxylic acids is 1. The Labute approximate surface area is 117 Å². The van der Waals surface area contributed by atoms with Crippen LogP contribution in [0.25, 0.3) is 0 Å². The SMILES string of the molecule is Nc1ccc(C(=O)Nc2nccc(Cl)n2)cc1Br. The smallest absolute Gasteiger partial charge is 0.258 e. The Bertz CT molecular complexity index is 605. The van der Waals surface area contributed by atoms with Gasteiger partial charge < -0.3 is 5.73 Å². The minimum Gasteiger partial charge on any atom is -0.398 e. The van der Waals surface area contributed by atoms with Crippen molar-refractivity contribution in [2.24, 2.45) is 0 Å². The monoisotopic (exact) mass is 326 g/mol. The number of anilines is 2. The first-order valence-corrected chi connectivity index (χ1v) is 6.08. The van der Waals surface area contributed by atoms with Crippen molar-refractivity contribution in [2.75, 3.05) is 11.1 Å². The summed E-state index contributed by atoms with van der Waals surface area (Å²) in [5.74, 6) is -0.182. The van der Waals surface area contributed by atoms with Crippen LogP contribution in [0.3, 0.4) is 0 Å². The summed E-state index contributed by atoms with van der Waals surface area (Å²) < 4.78 is 0.655. The molecule has 1 aromatic heterocycles. The van der Waals surface area contributed by atoms with Crippen LogP contribution in [-0.4, -0.2) is 15.9 Å². The Morgan fingerprint density at radius 3 is 2.83 bits per heavy atom. The van der Waals surface area contributed by atoms with Crippen LogP contribution in [-0.2, 0) is 0 Å². The summed E-state index contributed by atoms with van der Waals surface area (Å²) in [7, 11) is 0. The second-order valence-electron chi connectivity index (χ2n) is 3.39. The van der Waals surface area contributed by atoms with Crippen molar-refractivity contribution in [1.82, 2.24) is 9.97 Å². The van der Waals surface area contributed by atoms with E-state index in [1.165, 1.54) is 12.3 Å². The summed E-state index contributed by atoms with van der Waals surface area (Å²) in [5.41, 5.74) is 6.65. The van der Waals surface area contributed by atoms with Gasteiger partial charge in [0.05, 0.1) is 0 Å². The molecule has 0 spiro atoms. The standard InChI is InChI=1S/C11H8BrClN4O/c12-7-5-6(1-2-8(7)14)10(18)17-11-15-4-3-9(13)16-11/h1-5H,14H2,(H,15,16,17,18). The fourth-order valence-corrected chi connectivity index (χ4v) is 1.75. The van der Waals surface area contributed by atoms with E-state index < -0.39 is 0 Å². The quantitative estimate of drug-likeness (QED) is 0.656. The highest BCUT2D eigenvalue weighted by atomic mass is 79.9. The van der Waals surface area contributed by atoms with Gasteiger partial charge in [-0.2, -0.15) is 0 Å². The number of hydrogen-bond acceptors (Lipinski definition) is 4. The van der Waals surface area contributed by atoms with E-state index in [4.69, 9.17) is 17.3 Å². The zero-order valence-corrected chi connectivity index (χ0v) is 11.4. The number of hydrogen-bond donors (Lipinski definition) is 2. The molecule has 0 bridgehead atoms. The van der Waals surface area contributed by atoms with Crippen LogP contribution < -0.4 is 11.1 Å². The van der Waals surface area contributed by atoms with Crippen molar-refractivity contribution in [2.45, 2.75) is 0 Å². The lowest BCUT2D eigenvalue weighted by atomic mass is 10.2. The van der Waals surface area contributed by atoms with Gasteiger partial charge in [0.25, 0.3) is 5.91 Å². The minimum atomic E-state index is -0.335. The van der Waals surface area contributed by atoms with Crippen LogP contribution in [0.1, 0.15) is 10.4 Å². The van der Waals surface area contributed by atoms with Gasteiger partial charge in [0.2, 0.25) is 5.95 Å². The highest BCUT2D eigenvalue weighted by Gasteiger charge is 2.09. The van der Waals surface area contributed by atoms with Crippen molar-refractivity contribution in [3.8, 4) is 0 Å². The van der Waals surface area contributed by atoms with E-state index in [1.807, 2.05) is 0 Å². The molecule has 1 amide bonds. The summed E-state index contributed by atoms with van der Waals surface area (Å²) >= 11 is 8.95. The number of nitrogen functional groups attached to an aromatic ring is 1. The molecular weight excluding hydrogens is 320 g/mol. The lowest BCUT2D eigenvalue weighted by Crippen LogP contribution is -2.14. The maximum atomic E-state index is 11.9. The summed E-state index contributed by atoms with van der Waals surface area (Å²) in [6.07, 6.45) is 1.46. The molecule has 3 N–H and O–H groups in total. The Morgan fingerprint density at radius 2 is 2.17 bits per heavy atom. The van der Waals surface area contributed by atoms with E-state index in [0.29, 0.717) is 15.7 Å². The number of nitrogens with zero attached hydrogens (tertiary/aromatic N) is 2. The van der Waals surface area contributed by atoms with Crippen molar-refractivity contribution >= 4 is 45.1 Å². The Morgan fingerprint density at radius 1 is 1.39 bits per heavy atom. The van der Waals surface area contributed by atoms with E-state index in [2.05, 4.69) is 31.2 Å². The molecule has 2 aromatic rings. The van der Waals surface area contributed by atoms with Crippen LogP contribution in [0, 0.1) is 0 Å². The number of rotatable bonds is 2. The van der Waals surface area contributed by atoms with E-state index >= 15 is 0 Å². The average Bonchev–Trinajstić information content (AvgIpc) is 2.32. The van der Waals surface area contributed by atoms with Crippen molar-refractivity contribution < 1.29 is 4.79 Å². The van der Waals surface area contributed by atoms with Crippen molar-refractivity contribution in [1.29, 1.82) is 0 Å². The van der Waals surface area contributed by atoms with Crippen LogP contribution in [0.2, 0.25) is 5.15 Å². The zero-order chi connectivity index (χ0) is 13.1. The molecule has 0 radical (unpaired) electrons. The maximum Gasteiger partial charge on any atom is 0.258 e. The molecule has 0 saturated carbocycles. The number of carbonyl (C=O) groups is 1. The molecule has 1 heterocycles. The number of amides is 1. The lowest BCUT2D eigenvalue weighted by molar-refractivity contribution is 0.102. The molecule has 2 rings (SSSR count). The van der Waals surface area contributed by atoms with Gasteiger partial charge in [0.15, 0.2) is 0 Å². The minimum absolute atomic E-state index is 0.153. The van der Waals surface area contributed by atoms with Crippen molar-refractivity contribution in [3.05, 3.63) is 45.7 Å². The molecule has 5 nitrogen and oxygen atoms in total. The molecule has 0 fully saturated rings. The van der Waals surface area contributed by atoms with Gasteiger partial charge in [0, 0.05) is 21.9 Å². The molecule has 0 aliphatic carbocycles. The van der Waals surface area contributed by atoms with Crippen LogP contribution in [0.5, 0.6) is 0 Å². The second kappa shape index (κ2) is 5.32. The normalized spacial score (nSPS) is 10.1. The van der Waals surface area contributed by atoms with Gasteiger partial charge in [-0.25, -0.2) is 9.97 Å². The Hall–Kier alpha value is -1.66. The predicted octanol–water partition coefficient (Wildman–Crippen LogP) is 2.73. The molecule has 0 aliphatic heterocycles. The molecule has 0 unspecified atom stereocenters. The summed E-state index contributed by atoms with van der Waals surface area (Å²) in [5, 5.41) is 2.80.